The molecule has 2 aromatic rings. The Balaban J connectivity index is 1.85. The lowest BCUT2D eigenvalue weighted by Crippen LogP contribution is -2.47. The minimum Gasteiger partial charge on any atom is -0.391 e. The molecule has 2 heterocycles. The van der Waals surface area contributed by atoms with Crippen LogP contribution in [0.15, 0.2) is 21.3 Å². The van der Waals surface area contributed by atoms with Crippen LogP contribution in [0.1, 0.15) is 60.7 Å². The first-order chi connectivity index (χ1) is 15.5. The van der Waals surface area contributed by atoms with Crippen molar-refractivity contribution in [3.8, 4) is 0 Å². The molecule has 2 atom stereocenters. The van der Waals surface area contributed by atoms with Gasteiger partial charge >= 0.3 is 5.76 Å². The van der Waals surface area contributed by atoms with Gasteiger partial charge in [-0.1, -0.05) is 13.0 Å². The Labute approximate surface area is 192 Å². The highest BCUT2D eigenvalue weighted by Crippen LogP contribution is 2.35. The van der Waals surface area contributed by atoms with Gasteiger partial charge in [-0.2, -0.15) is 17.4 Å². The Hall–Kier alpha value is -2.57. The van der Waals surface area contributed by atoms with E-state index >= 15 is 0 Å². The molecule has 1 fully saturated rings. The molecule has 1 aliphatic rings. The highest BCUT2D eigenvalue weighted by atomic mass is 32.2. The molecule has 3 N–H and O–H groups in total. The zero-order valence-electron chi connectivity index (χ0n) is 19.1. The van der Waals surface area contributed by atoms with Crippen LogP contribution in [0.3, 0.4) is 0 Å². The SMILES string of the molecule is CNC(=O)CC1CCN(S(=O)(=O)N[C@H](c2n[nH]c(=O)o2)C(C)c2c(F)ccc(C)c2C)CC1. The highest BCUT2D eigenvalue weighted by molar-refractivity contribution is 7.87. The van der Waals surface area contributed by atoms with E-state index in [-0.39, 0.29) is 30.8 Å². The minimum absolute atomic E-state index is 0.0765. The van der Waals surface area contributed by atoms with Gasteiger partial charge < -0.3 is 9.73 Å². The average Bonchev–Trinajstić information content (AvgIpc) is 3.21. The first-order valence-electron chi connectivity index (χ1n) is 10.8. The fourth-order valence-electron chi connectivity index (χ4n) is 4.22. The first kappa shape index (κ1) is 25.1. The van der Waals surface area contributed by atoms with Crippen LogP contribution >= 0.6 is 0 Å². The maximum atomic E-state index is 14.8. The molecule has 0 spiro atoms. The fourth-order valence-corrected chi connectivity index (χ4v) is 5.69. The largest absolute Gasteiger partial charge is 0.434 e. The summed E-state index contributed by atoms with van der Waals surface area (Å²) in [4.78, 5) is 23.2. The summed E-state index contributed by atoms with van der Waals surface area (Å²) in [7, 11) is -2.45. The number of piperidine rings is 1. The number of hydrogen-bond donors (Lipinski definition) is 3. The van der Waals surface area contributed by atoms with Crippen LogP contribution in [0.2, 0.25) is 0 Å². The number of amides is 1. The van der Waals surface area contributed by atoms with E-state index in [9.17, 15) is 22.4 Å². The molecule has 0 radical (unpaired) electrons. The normalized spacial score (nSPS) is 17.6. The molecule has 182 valence electrons. The predicted octanol–water partition coefficient (Wildman–Crippen LogP) is 1.65. The van der Waals surface area contributed by atoms with Crippen molar-refractivity contribution in [2.24, 2.45) is 5.92 Å². The lowest BCUT2D eigenvalue weighted by molar-refractivity contribution is -0.121. The molecular weight excluding hydrogens is 453 g/mol. The number of aryl methyl sites for hydroxylation is 1. The molecule has 1 aromatic carbocycles. The third-order valence-corrected chi connectivity index (χ3v) is 7.95. The van der Waals surface area contributed by atoms with Crippen molar-refractivity contribution in [1.82, 2.24) is 24.5 Å². The number of carbonyl (C=O) groups is 1. The number of nitrogens with one attached hydrogen (secondary N) is 3. The number of halogens is 1. The van der Waals surface area contributed by atoms with Crippen molar-refractivity contribution < 1.29 is 22.0 Å². The van der Waals surface area contributed by atoms with Crippen molar-refractivity contribution in [2.45, 2.75) is 52.0 Å². The summed E-state index contributed by atoms with van der Waals surface area (Å²) in [6, 6.07) is 1.86. The van der Waals surface area contributed by atoms with E-state index < -0.39 is 33.7 Å². The van der Waals surface area contributed by atoms with Crippen molar-refractivity contribution in [1.29, 1.82) is 0 Å². The van der Waals surface area contributed by atoms with Gasteiger partial charge in [-0.3, -0.25) is 4.79 Å². The molecule has 33 heavy (non-hydrogen) atoms. The standard InChI is InChI=1S/C21H30FN5O5S/c1-12-5-6-16(22)18(13(12)2)14(3)19(20-24-25-21(29)32-20)26-33(30,31)27-9-7-15(8-10-27)11-17(28)23-4/h5-6,14-15,19,26H,7-11H2,1-4H3,(H,23,28)(H,25,29)/t14?,19-/m0/s1. The van der Waals surface area contributed by atoms with Crippen LogP contribution in [-0.2, 0) is 15.0 Å². The molecule has 1 amide bonds. The van der Waals surface area contributed by atoms with E-state index in [2.05, 4.69) is 20.2 Å². The van der Waals surface area contributed by atoms with Gasteiger partial charge in [-0.05, 0) is 55.4 Å². The van der Waals surface area contributed by atoms with Crippen LogP contribution in [0, 0.1) is 25.6 Å². The fraction of sp³-hybridized carbons (Fsp3) is 0.571. The Morgan fingerprint density at radius 3 is 2.58 bits per heavy atom. The van der Waals surface area contributed by atoms with E-state index in [4.69, 9.17) is 4.42 Å². The highest BCUT2D eigenvalue weighted by Gasteiger charge is 2.36. The smallest absolute Gasteiger partial charge is 0.391 e. The quantitative estimate of drug-likeness (QED) is 0.522. The molecule has 0 bridgehead atoms. The molecule has 1 saturated heterocycles. The van der Waals surface area contributed by atoms with Crippen molar-refractivity contribution in [2.75, 3.05) is 20.1 Å². The zero-order valence-corrected chi connectivity index (χ0v) is 20.0. The number of hydrogen-bond acceptors (Lipinski definition) is 6. The Kier molecular flexibility index (Phi) is 7.70. The maximum absolute atomic E-state index is 14.8. The van der Waals surface area contributed by atoms with Crippen LogP contribution in [0.4, 0.5) is 4.39 Å². The Morgan fingerprint density at radius 2 is 2.00 bits per heavy atom. The first-order valence-corrected chi connectivity index (χ1v) is 12.3. The molecular formula is C21H30FN5O5S. The van der Waals surface area contributed by atoms with Gasteiger partial charge in [0.05, 0.1) is 0 Å². The molecule has 0 aliphatic carbocycles. The number of nitrogens with zero attached hydrogens (tertiary/aromatic N) is 2. The number of benzene rings is 1. The van der Waals surface area contributed by atoms with Crippen molar-refractivity contribution in [3.63, 3.8) is 0 Å². The van der Waals surface area contributed by atoms with E-state index in [0.29, 0.717) is 30.4 Å². The van der Waals surface area contributed by atoms with Crippen LogP contribution in [0.25, 0.3) is 0 Å². The van der Waals surface area contributed by atoms with Crippen LogP contribution < -0.4 is 15.8 Å². The molecule has 1 aromatic heterocycles. The monoisotopic (exact) mass is 483 g/mol. The molecule has 10 nitrogen and oxygen atoms in total. The molecule has 3 rings (SSSR count). The van der Waals surface area contributed by atoms with Crippen molar-refractivity contribution >= 4 is 16.1 Å². The molecule has 12 heteroatoms. The summed E-state index contributed by atoms with van der Waals surface area (Å²) < 4.78 is 50.1. The lowest BCUT2D eigenvalue weighted by Gasteiger charge is -2.33. The number of aromatic amines is 1. The van der Waals surface area contributed by atoms with E-state index in [1.807, 2.05) is 6.92 Å². The second-order valence-corrected chi connectivity index (χ2v) is 10.2. The van der Waals surface area contributed by atoms with Gasteiger partial charge in [0.2, 0.25) is 11.8 Å². The number of rotatable bonds is 8. The van der Waals surface area contributed by atoms with Gasteiger partial charge in [0.25, 0.3) is 10.2 Å². The number of aromatic nitrogens is 2. The summed E-state index contributed by atoms with van der Waals surface area (Å²) in [5.74, 6) is -2.20. The van der Waals surface area contributed by atoms with Crippen LogP contribution in [0.5, 0.6) is 0 Å². The topological polar surface area (TPSA) is 137 Å². The third kappa shape index (κ3) is 5.68. The second kappa shape index (κ2) is 10.1. The average molecular weight is 484 g/mol. The Bertz CT molecular complexity index is 1150. The van der Waals surface area contributed by atoms with Gasteiger partial charge in [-0.25, -0.2) is 14.3 Å². The van der Waals surface area contributed by atoms with Crippen LogP contribution in [-0.4, -0.2) is 49.0 Å². The van der Waals surface area contributed by atoms with E-state index in [1.54, 1.807) is 27.0 Å². The van der Waals surface area contributed by atoms with Gasteiger partial charge in [-0.15, -0.1) is 5.10 Å². The second-order valence-electron chi connectivity index (χ2n) is 8.46. The summed E-state index contributed by atoms with van der Waals surface area (Å²) in [6.07, 6.45) is 1.43. The van der Waals surface area contributed by atoms with Gasteiger partial charge in [0.15, 0.2) is 0 Å². The Morgan fingerprint density at radius 1 is 1.33 bits per heavy atom. The van der Waals surface area contributed by atoms with E-state index in [0.717, 1.165) is 5.56 Å². The summed E-state index contributed by atoms with van der Waals surface area (Å²) >= 11 is 0. The van der Waals surface area contributed by atoms with Crippen molar-refractivity contribution in [3.05, 3.63) is 51.1 Å². The predicted molar refractivity (Wildman–Crippen MR) is 119 cm³/mol. The zero-order chi connectivity index (χ0) is 24.3. The van der Waals surface area contributed by atoms with Gasteiger partial charge in [0, 0.05) is 32.5 Å². The molecule has 1 aliphatic heterocycles. The molecule has 0 saturated carbocycles. The number of carbonyl (C=O) groups excluding carboxylic acids is 1. The van der Waals surface area contributed by atoms with E-state index in [1.165, 1.54) is 10.4 Å². The molecule has 1 unspecified atom stereocenters. The number of H-pyrrole nitrogens is 1. The summed E-state index contributed by atoms with van der Waals surface area (Å²) in [6.45, 7) is 5.72. The summed E-state index contributed by atoms with van der Waals surface area (Å²) in [5.41, 5.74) is 1.85. The van der Waals surface area contributed by atoms with Gasteiger partial charge in [0.1, 0.15) is 11.9 Å². The summed E-state index contributed by atoms with van der Waals surface area (Å²) in [5, 5.41) is 8.53. The minimum atomic E-state index is -4.02. The lowest BCUT2D eigenvalue weighted by atomic mass is 9.88. The maximum Gasteiger partial charge on any atom is 0.434 e. The third-order valence-electron chi connectivity index (χ3n) is 6.35.